The van der Waals surface area contributed by atoms with E-state index in [2.05, 4.69) is 199 Å². The average molecular weight is 793 g/mol. The fraction of sp³-hybridized carbons (Fsp3) is 0.222. The molecule has 0 bridgehead atoms. The van der Waals surface area contributed by atoms with Crippen LogP contribution in [0.5, 0.6) is 0 Å². The van der Waals surface area contributed by atoms with Crippen molar-refractivity contribution in [3.05, 3.63) is 225 Å². The van der Waals surface area contributed by atoms with Gasteiger partial charge in [0.15, 0.2) is 11.7 Å². The highest BCUT2D eigenvalue weighted by atomic mass is 32.1. The first-order valence-corrected chi connectivity index (χ1v) is 21.6. The van der Waals surface area contributed by atoms with Crippen molar-refractivity contribution in [2.75, 3.05) is 0 Å². The zero-order valence-corrected chi connectivity index (χ0v) is 36.3. The second-order valence-electron chi connectivity index (χ2n) is 15.1. The van der Waals surface area contributed by atoms with Crippen LogP contribution < -0.4 is 0 Å². The molecule has 0 radical (unpaired) electrons. The monoisotopic (exact) mass is 792 g/mol. The molecule has 0 saturated carbocycles. The van der Waals surface area contributed by atoms with Gasteiger partial charge in [0.05, 0.1) is 17.8 Å². The second kappa shape index (κ2) is 20.6. The molecule has 3 unspecified atom stereocenters. The number of hydrogen-bond acceptors (Lipinski definition) is 3. The number of thiophene rings is 1. The van der Waals surface area contributed by atoms with Crippen molar-refractivity contribution >= 4 is 34.4 Å². The van der Waals surface area contributed by atoms with Gasteiger partial charge in [0.2, 0.25) is 0 Å². The first kappa shape index (κ1) is 42.6. The summed E-state index contributed by atoms with van der Waals surface area (Å²) >= 11 is 1.69. The molecule has 4 nitrogen and oxygen atoms in total. The van der Waals surface area contributed by atoms with Gasteiger partial charge in [0.25, 0.3) is 0 Å². The molecular weight excluding hydrogens is 737 g/mol. The third kappa shape index (κ3) is 10.7. The highest BCUT2D eigenvalue weighted by molar-refractivity contribution is 7.12. The van der Waals surface area contributed by atoms with Gasteiger partial charge < -0.3 is 0 Å². The number of nitrogens with zero attached hydrogens (tertiary/aromatic N) is 4. The largest absolute Gasteiger partial charge is 0.259 e. The van der Waals surface area contributed by atoms with E-state index >= 15 is 0 Å². The molecule has 6 rings (SSSR count). The highest BCUT2D eigenvalue weighted by Gasteiger charge is 2.31. The van der Waals surface area contributed by atoms with Crippen LogP contribution in [0.1, 0.15) is 111 Å². The number of aliphatic imine (C=N–C) groups is 4. The normalized spacial score (nSPS) is 15.3. The van der Waals surface area contributed by atoms with Crippen molar-refractivity contribution in [3.63, 3.8) is 0 Å². The van der Waals surface area contributed by atoms with Crippen LogP contribution in [0.3, 0.4) is 0 Å². The topological polar surface area (TPSA) is 49.4 Å². The van der Waals surface area contributed by atoms with Crippen LogP contribution in [0.15, 0.2) is 201 Å². The molecule has 3 atom stereocenters. The van der Waals surface area contributed by atoms with Gasteiger partial charge in [-0.2, -0.15) is 0 Å². The lowest BCUT2D eigenvalue weighted by Gasteiger charge is -2.32. The molecule has 0 spiro atoms. The van der Waals surface area contributed by atoms with E-state index in [4.69, 9.17) is 20.0 Å². The van der Waals surface area contributed by atoms with Gasteiger partial charge >= 0.3 is 0 Å². The van der Waals surface area contributed by atoms with Gasteiger partial charge in [-0.05, 0) is 92.8 Å². The van der Waals surface area contributed by atoms with E-state index in [1.807, 2.05) is 24.3 Å². The maximum absolute atomic E-state index is 5.30. The fourth-order valence-electron chi connectivity index (χ4n) is 7.31. The van der Waals surface area contributed by atoms with Crippen LogP contribution in [0.2, 0.25) is 0 Å². The lowest BCUT2D eigenvalue weighted by Crippen LogP contribution is -2.25. The zero-order valence-electron chi connectivity index (χ0n) is 35.5. The third-order valence-corrected chi connectivity index (χ3v) is 11.9. The van der Waals surface area contributed by atoms with Crippen LogP contribution in [-0.2, 0) is 5.41 Å². The lowest BCUT2D eigenvalue weighted by molar-refractivity contribution is 0.690. The average Bonchev–Trinajstić information content (AvgIpc) is 3.84. The molecular formula is C54H56N4S. The van der Waals surface area contributed by atoms with Crippen molar-refractivity contribution in [2.45, 2.75) is 78.8 Å². The van der Waals surface area contributed by atoms with Gasteiger partial charge in [-0.25, -0.2) is 9.98 Å². The Labute approximate surface area is 356 Å². The second-order valence-corrected chi connectivity index (χ2v) is 16.0. The summed E-state index contributed by atoms with van der Waals surface area (Å²) < 4.78 is 0. The van der Waals surface area contributed by atoms with E-state index in [-0.39, 0.29) is 12.1 Å². The Morgan fingerprint density at radius 2 is 1.14 bits per heavy atom. The van der Waals surface area contributed by atoms with Crippen LogP contribution in [0.25, 0.3) is 0 Å². The predicted molar refractivity (Wildman–Crippen MR) is 255 cm³/mol. The molecule has 5 heteroatoms. The van der Waals surface area contributed by atoms with E-state index < -0.39 is 5.41 Å². The fourth-order valence-corrected chi connectivity index (χ4v) is 7.98. The summed E-state index contributed by atoms with van der Waals surface area (Å²) in [6.07, 6.45) is 8.43. The van der Waals surface area contributed by atoms with Crippen molar-refractivity contribution in [3.8, 4) is 0 Å². The van der Waals surface area contributed by atoms with Gasteiger partial charge in [-0.15, -0.1) is 11.3 Å². The first-order chi connectivity index (χ1) is 28.7. The van der Waals surface area contributed by atoms with Crippen LogP contribution >= 0.6 is 11.3 Å². The van der Waals surface area contributed by atoms with Gasteiger partial charge in [-0.1, -0.05) is 177 Å². The van der Waals surface area contributed by atoms with Crippen molar-refractivity contribution in [1.29, 1.82) is 0 Å². The van der Waals surface area contributed by atoms with Crippen molar-refractivity contribution in [2.24, 2.45) is 20.0 Å². The van der Waals surface area contributed by atoms with Crippen LogP contribution in [0.4, 0.5) is 0 Å². The molecule has 0 aliphatic heterocycles. The summed E-state index contributed by atoms with van der Waals surface area (Å²) in [5.74, 6) is 1.47. The van der Waals surface area contributed by atoms with Gasteiger partial charge in [0, 0.05) is 27.1 Å². The van der Waals surface area contributed by atoms with E-state index in [1.54, 1.807) is 11.3 Å². The molecule has 6 aromatic rings. The molecule has 5 aromatic carbocycles. The predicted octanol–water partition coefficient (Wildman–Crippen LogP) is 14.1. The summed E-state index contributed by atoms with van der Waals surface area (Å²) in [5.41, 5.74) is 10.6. The molecule has 1 heterocycles. The first-order valence-electron chi connectivity index (χ1n) is 20.7. The Kier molecular flexibility index (Phi) is 14.9. The van der Waals surface area contributed by atoms with E-state index in [9.17, 15) is 0 Å². The Morgan fingerprint density at radius 3 is 1.71 bits per heavy atom. The Balaban J connectivity index is 1.37. The molecule has 0 aliphatic rings. The maximum atomic E-state index is 5.30. The Bertz CT molecular complexity index is 2420. The summed E-state index contributed by atoms with van der Waals surface area (Å²) in [7, 11) is 0. The minimum Gasteiger partial charge on any atom is -0.259 e. The quantitative estimate of drug-likeness (QED) is 0.0457. The zero-order chi connectivity index (χ0) is 41.6. The van der Waals surface area contributed by atoms with E-state index in [1.165, 1.54) is 22.3 Å². The summed E-state index contributed by atoms with van der Waals surface area (Å²) in [6.45, 7) is 15.0. The summed E-state index contributed by atoms with van der Waals surface area (Å²) in [6, 6.07) is 53.3. The van der Waals surface area contributed by atoms with E-state index in [0.29, 0.717) is 0 Å². The maximum Gasteiger partial charge on any atom is 0.155 e. The van der Waals surface area contributed by atoms with Crippen LogP contribution in [-0.4, -0.2) is 29.1 Å². The molecule has 0 saturated heterocycles. The number of rotatable bonds is 14. The Hall–Kier alpha value is -6.04. The van der Waals surface area contributed by atoms with Gasteiger partial charge in [0.1, 0.15) is 0 Å². The van der Waals surface area contributed by atoms with Gasteiger partial charge in [-0.3, -0.25) is 9.98 Å². The number of benzene rings is 5. The number of hydrogen-bond donors (Lipinski definition) is 0. The minimum absolute atomic E-state index is 0.0198. The highest BCUT2D eigenvalue weighted by Crippen LogP contribution is 2.39. The SMILES string of the molecule is C/C=C\C=C(/CCC)C(C)/N=C(\N=C(/C)c1ccccc1)c1ccc(C(C)(c2ccccc2)c2ccc(C(C)/N=C(\N=C(/C)c3cccs3)c3ccccc3)cc2)cc1. The number of amidine groups is 2. The molecule has 59 heavy (non-hydrogen) atoms. The van der Waals surface area contributed by atoms with Crippen LogP contribution in [0, 0.1) is 0 Å². The third-order valence-electron chi connectivity index (χ3n) is 10.9. The summed E-state index contributed by atoms with van der Waals surface area (Å²) in [4.78, 5) is 21.9. The summed E-state index contributed by atoms with van der Waals surface area (Å²) in [5, 5.41) is 2.08. The lowest BCUT2D eigenvalue weighted by atomic mass is 9.71. The Morgan fingerprint density at radius 1 is 0.610 bits per heavy atom. The van der Waals surface area contributed by atoms with Crippen molar-refractivity contribution < 1.29 is 0 Å². The molecule has 298 valence electrons. The molecule has 0 amide bonds. The smallest absolute Gasteiger partial charge is 0.155 e. The van der Waals surface area contributed by atoms with Crippen molar-refractivity contribution in [1.82, 2.24) is 0 Å². The molecule has 0 N–H and O–H groups in total. The minimum atomic E-state index is -0.431. The molecule has 0 fully saturated rings. The van der Waals surface area contributed by atoms with E-state index in [0.717, 1.165) is 63.1 Å². The molecule has 0 aliphatic carbocycles. The standard InChI is InChI=1S/C54H56N4S/c1-8-10-22-43(21-9-2)39(3)55-53(56-40(4)44-23-14-11-15-24-44)47-32-36-50(37-33-47)54(7,48-27-18-13-19-28-48)49-34-30-45(31-35-49)41(5)57-52(46-25-16-12-17-26-46)58-42(6)51-29-20-38-59-51/h8,10-20,22-39,41H,9,21H2,1-7H3/b10-8-,43-22+,55-53-,56-40+,57-52-,58-42+. The number of allylic oxidation sites excluding steroid dienone is 3. The molecule has 1 aromatic heterocycles.